The molecule has 2 aromatic carbocycles. The number of urea groups is 1. The molecule has 2 N–H and O–H groups in total. The number of ether oxygens (including phenoxy) is 2. The number of aromatic amines is 1. The zero-order valence-corrected chi connectivity index (χ0v) is 21.8. The molecule has 0 spiro atoms. The lowest BCUT2D eigenvalue weighted by atomic mass is 9.96. The van der Waals surface area contributed by atoms with Crippen molar-refractivity contribution in [3.63, 3.8) is 0 Å². The Morgan fingerprint density at radius 3 is 2.44 bits per heavy atom. The molecule has 2 amide bonds. The Kier molecular flexibility index (Phi) is 8.18. The zero-order valence-electron chi connectivity index (χ0n) is 21.8. The van der Waals surface area contributed by atoms with E-state index in [1.165, 1.54) is 6.42 Å². The van der Waals surface area contributed by atoms with Crippen LogP contribution in [0.2, 0.25) is 0 Å². The summed E-state index contributed by atoms with van der Waals surface area (Å²) in [6.45, 7) is 4.74. The van der Waals surface area contributed by atoms with Gasteiger partial charge in [-0.25, -0.2) is 4.79 Å². The third-order valence-corrected chi connectivity index (χ3v) is 7.22. The summed E-state index contributed by atoms with van der Waals surface area (Å²) in [4.78, 5) is 31.3. The SMILES string of the molecule is COc1ccc(CCN(Cc2cc3c(C)ccc(C)c3[nH]c2=O)C(=O)NC2CCCCC2)cc1OC. The second kappa shape index (κ2) is 11.5. The van der Waals surface area contributed by atoms with Crippen molar-refractivity contribution < 1.29 is 14.3 Å². The number of hydrogen-bond acceptors (Lipinski definition) is 4. The number of fused-ring (bicyclic) bond motifs is 1. The summed E-state index contributed by atoms with van der Waals surface area (Å²) < 4.78 is 10.8. The highest BCUT2D eigenvalue weighted by Gasteiger charge is 2.21. The first-order chi connectivity index (χ1) is 17.4. The van der Waals surface area contributed by atoms with Gasteiger partial charge in [-0.15, -0.1) is 0 Å². The average Bonchev–Trinajstić information content (AvgIpc) is 2.89. The fraction of sp³-hybridized carbons (Fsp3) is 0.448. The maximum atomic E-state index is 13.4. The summed E-state index contributed by atoms with van der Waals surface area (Å²) in [5, 5.41) is 4.23. The monoisotopic (exact) mass is 491 g/mol. The van der Waals surface area contributed by atoms with E-state index in [1.807, 2.05) is 44.2 Å². The Morgan fingerprint density at radius 2 is 1.72 bits per heavy atom. The van der Waals surface area contributed by atoms with Crippen molar-refractivity contribution in [2.24, 2.45) is 0 Å². The molecule has 0 radical (unpaired) electrons. The third kappa shape index (κ3) is 5.83. The molecule has 7 nitrogen and oxygen atoms in total. The minimum atomic E-state index is -0.155. The summed E-state index contributed by atoms with van der Waals surface area (Å²) in [6.07, 6.45) is 6.14. The van der Waals surface area contributed by atoms with Crippen LogP contribution in [0.15, 0.2) is 41.2 Å². The van der Waals surface area contributed by atoms with Gasteiger partial charge in [0.1, 0.15) is 0 Å². The smallest absolute Gasteiger partial charge is 0.317 e. The molecule has 1 heterocycles. The molecule has 7 heteroatoms. The number of aryl methyl sites for hydroxylation is 2. The van der Waals surface area contributed by atoms with Crippen LogP contribution in [0.4, 0.5) is 4.79 Å². The summed E-state index contributed by atoms with van der Waals surface area (Å²) in [6, 6.07) is 11.9. The van der Waals surface area contributed by atoms with Crippen molar-refractivity contribution in [3.05, 3.63) is 69.0 Å². The molecule has 0 aliphatic heterocycles. The molecule has 4 rings (SSSR count). The molecule has 1 fully saturated rings. The van der Waals surface area contributed by atoms with Gasteiger partial charge in [0.15, 0.2) is 11.5 Å². The Hall–Kier alpha value is -3.48. The third-order valence-electron chi connectivity index (χ3n) is 7.22. The van der Waals surface area contributed by atoms with Gasteiger partial charge < -0.3 is 24.7 Å². The molecular weight excluding hydrogens is 454 g/mol. The lowest BCUT2D eigenvalue weighted by Crippen LogP contribution is -2.46. The summed E-state index contributed by atoms with van der Waals surface area (Å²) in [5.41, 5.74) is 4.44. The second-order valence-corrected chi connectivity index (χ2v) is 9.76. The van der Waals surface area contributed by atoms with Crippen LogP contribution in [0, 0.1) is 13.8 Å². The van der Waals surface area contributed by atoms with Crippen molar-refractivity contribution in [3.8, 4) is 11.5 Å². The van der Waals surface area contributed by atoms with Crippen LogP contribution in [0.3, 0.4) is 0 Å². The van der Waals surface area contributed by atoms with Crippen LogP contribution < -0.4 is 20.3 Å². The number of H-pyrrole nitrogens is 1. The Bertz CT molecular complexity index is 1280. The van der Waals surface area contributed by atoms with Gasteiger partial charge in [0.05, 0.1) is 26.3 Å². The van der Waals surface area contributed by atoms with E-state index in [1.54, 1.807) is 19.1 Å². The Balaban J connectivity index is 1.59. The van der Waals surface area contributed by atoms with Crippen LogP contribution in [0.25, 0.3) is 10.9 Å². The van der Waals surface area contributed by atoms with Crippen molar-refractivity contribution in [1.82, 2.24) is 15.2 Å². The highest BCUT2D eigenvalue weighted by Crippen LogP contribution is 2.28. The number of pyridine rings is 1. The number of carbonyl (C=O) groups excluding carboxylic acids is 1. The van der Waals surface area contributed by atoms with Crippen molar-refractivity contribution in [1.29, 1.82) is 0 Å². The van der Waals surface area contributed by atoms with Gasteiger partial charge in [-0.2, -0.15) is 0 Å². The fourth-order valence-electron chi connectivity index (χ4n) is 5.01. The van der Waals surface area contributed by atoms with E-state index < -0.39 is 0 Å². The number of amides is 2. The van der Waals surface area contributed by atoms with E-state index in [-0.39, 0.29) is 24.2 Å². The van der Waals surface area contributed by atoms with Crippen LogP contribution >= 0.6 is 0 Å². The number of methoxy groups -OCH3 is 2. The molecule has 36 heavy (non-hydrogen) atoms. The lowest BCUT2D eigenvalue weighted by Gasteiger charge is -2.28. The number of carbonyl (C=O) groups is 1. The fourth-order valence-corrected chi connectivity index (χ4v) is 5.01. The number of rotatable bonds is 8. The van der Waals surface area contributed by atoms with Gasteiger partial charge in [0, 0.05) is 23.5 Å². The molecule has 1 aliphatic rings. The van der Waals surface area contributed by atoms with Crippen molar-refractivity contribution >= 4 is 16.9 Å². The van der Waals surface area contributed by atoms with Crippen molar-refractivity contribution in [2.45, 2.75) is 65.0 Å². The molecule has 1 aromatic heterocycles. The number of hydrogen-bond donors (Lipinski definition) is 2. The van der Waals surface area contributed by atoms with Crippen molar-refractivity contribution in [2.75, 3.05) is 20.8 Å². The zero-order chi connectivity index (χ0) is 25.7. The molecule has 0 unspecified atom stereocenters. The summed E-state index contributed by atoms with van der Waals surface area (Å²) >= 11 is 0. The number of benzene rings is 2. The van der Waals surface area contributed by atoms with Gasteiger partial charge >= 0.3 is 6.03 Å². The van der Waals surface area contributed by atoms with Gasteiger partial charge in [0.25, 0.3) is 5.56 Å². The van der Waals surface area contributed by atoms with Gasteiger partial charge in [-0.3, -0.25) is 4.79 Å². The number of nitrogens with zero attached hydrogens (tertiary/aromatic N) is 1. The van der Waals surface area contributed by atoms with Gasteiger partial charge in [0.2, 0.25) is 0 Å². The summed E-state index contributed by atoms with van der Waals surface area (Å²) in [7, 11) is 3.22. The van der Waals surface area contributed by atoms with Gasteiger partial charge in [-0.1, -0.05) is 37.5 Å². The predicted octanol–water partition coefficient (Wildman–Crippen LogP) is 5.25. The van der Waals surface area contributed by atoms with Crippen LogP contribution in [0.5, 0.6) is 11.5 Å². The highest BCUT2D eigenvalue weighted by atomic mass is 16.5. The normalized spacial score (nSPS) is 14.0. The topological polar surface area (TPSA) is 83.7 Å². The van der Waals surface area contributed by atoms with Crippen LogP contribution in [0.1, 0.15) is 54.4 Å². The number of aromatic nitrogens is 1. The maximum absolute atomic E-state index is 13.4. The van der Waals surface area contributed by atoms with E-state index in [0.29, 0.717) is 30.0 Å². The Labute approximate surface area is 212 Å². The van der Waals surface area contributed by atoms with Crippen LogP contribution in [-0.4, -0.2) is 42.7 Å². The van der Waals surface area contributed by atoms with E-state index in [0.717, 1.165) is 53.3 Å². The summed E-state index contributed by atoms with van der Waals surface area (Å²) in [5.74, 6) is 1.33. The molecule has 1 aliphatic carbocycles. The first kappa shape index (κ1) is 25.6. The van der Waals surface area contributed by atoms with E-state index in [4.69, 9.17) is 9.47 Å². The first-order valence-electron chi connectivity index (χ1n) is 12.8. The largest absolute Gasteiger partial charge is 0.493 e. The molecule has 3 aromatic rings. The molecule has 1 saturated carbocycles. The molecule has 0 saturated heterocycles. The Morgan fingerprint density at radius 1 is 1.00 bits per heavy atom. The molecular formula is C29H37N3O4. The van der Waals surface area contributed by atoms with E-state index in [2.05, 4.69) is 16.4 Å². The average molecular weight is 492 g/mol. The first-order valence-corrected chi connectivity index (χ1v) is 12.8. The minimum Gasteiger partial charge on any atom is -0.493 e. The van der Waals surface area contributed by atoms with Gasteiger partial charge in [-0.05, 0) is 68.0 Å². The van der Waals surface area contributed by atoms with E-state index in [9.17, 15) is 9.59 Å². The lowest BCUT2D eigenvalue weighted by molar-refractivity contribution is 0.187. The number of nitrogens with one attached hydrogen (secondary N) is 2. The quantitative estimate of drug-likeness (QED) is 0.451. The minimum absolute atomic E-state index is 0.122. The van der Waals surface area contributed by atoms with E-state index >= 15 is 0 Å². The standard InChI is InChI=1S/C29H37N3O4/c1-19-10-11-20(2)27-24(19)17-22(28(33)31-27)18-32(29(34)30-23-8-6-5-7-9-23)15-14-21-12-13-25(35-3)26(16-21)36-4/h10-13,16-17,23H,5-9,14-15,18H2,1-4H3,(H,30,34)(H,31,33). The second-order valence-electron chi connectivity index (χ2n) is 9.76. The highest BCUT2D eigenvalue weighted by molar-refractivity contribution is 5.85. The molecule has 192 valence electrons. The predicted molar refractivity (Wildman–Crippen MR) is 143 cm³/mol. The molecule has 0 atom stereocenters. The van der Waals surface area contributed by atoms with Crippen LogP contribution in [-0.2, 0) is 13.0 Å². The molecule has 0 bridgehead atoms. The maximum Gasteiger partial charge on any atom is 0.317 e.